The normalized spacial score (nSPS) is 11.9. The number of nitrogens with one attached hydrogen (secondary N) is 1. The van der Waals surface area contributed by atoms with Crippen molar-refractivity contribution >= 4 is 37.3 Å². The predicted octanol–water partition coefficient (Wildman–Crippen LogP) is 4.07. The van der Waals surface area contributed by atoms with Crippen molar-refractivity contribution in [1.82, 2.24) is 4.31 Å². The summed E-state index contributed by atoms with van der Waals surface area (Å²) in [5.41, 5.74) is 1.66. The molecule has 8 nitrogen and oxygen atoms in total. The summed E-state index contributed by atoms with van der Waals surface area (Å²) in [5.74, 6) is -0.856. The van der Waals surface area contributed by atoms with Crippen molar-refractivity contribution < 1.29 is 26.0 Å². The first-order valence-corrected chi connectivity index (χ1v) is 14.5. The molecule has 1 amide bonds. The van der Waals surface area contributed by atoms with Crippen LogP contribution in [0.4, 0.5) is 15.8 Å². The summed E-state index contributed by atoms with van der Waals surface area (Å²) in [4.78, 5) is 12.8. The molecule has 0 aliphatic rings. The fourth-order valence-corrected chi connectivity index (χ4v) is 5.91. The van der Waals surface area contributed by atoms with Crippen molar-refractivity contribution in [3.63, 3.8) is 0 Å². The Bertz CT molecular complexity index is 1400. The number of hydrogen-bond acceptors (Lipinski definition) is 5. The second kappa shape index (κ2) is 11.2. The van der Waals surface area contributed by atoms with Crippen LogP contribution in [0.25, 0.3) is 0 Å². The highest BCUT2D eigenvalue weighted by molar-refractivity contribution is 7.92. The lowest BCUT2D eigenvalue weighted by Gasteiger charge is -2.22. The fraction of sp³-hybridized carbons (Fsp3) is 0.240. The number of rotatable bonds is 10. The number of amides is 1. The van der Waals surface area contributed by atoms with Crippen molar-refractivity contribution in [2.45, 2.75) is 25.3 Å². The van der Waals surface area contributed by atoms with Gasteiger partial charge in [-0.25, -0.2) is 21.2 Å². The number of anilines is 2. The van der Waals surface area contributed by atoms with Crippen LogP contribution in [-0.4, -0.2) is 46.4 Å². The van der Waals surface area contributed by atoms with Crippen molar-refractivity contribution in [3.8, 4) is 0 Å². The third-order valence-electron chi connectivity index (χ3n) is 5.51. The number of halogens is 1. The second-order valence-electron chi connectivity index (χ2n) is 8.01. The first kappa shape index (κ1) is 27.3. The van der Waals surface area contributed by atoms with Crippen molar-refractivity contribution in [2.75, 3.05) is 29.0 Å². The van der Waals surface area contributed by atoms with Gasteiger partial charge in [-0.2, -0.15) is 4.31 Å². The Labute approximate surface area is 211 Å². The lowest BCUT2D eigenvalue weighted by molar-refractivity contribution is 0.102. The van der Waals surface area contributed by atoms with Gasteiger partial charge in [-0.3, -0.25) is 9.10 Å². The van der Waals surface area contributed by atoms with Gasteiger partial charge in [0.05, 0.1) is 23.4 Å². The summed E-state index contributed by atoms with van der Waals surface area (Å²) in [6.07, 6.45) is 1.07. The molecule has 0 fully saturated rings. The molecule has 0 atom stereocenters. The zero-order chi connectivity index (χ0) is 26.5. The molecule has 0 unspecified atom stereocenters. The third kappa shape index (κ3) is 6.48. The topological polar surface area (TPSA) is 104 Å². The average Bonchev–Trinajstić information content (AvgIpc) is 2.84. The fourth-order valence-electron chi connectivity index (χ4n) is 3.56. The SMILES string of the molecule is CCN(CC)S(=O)(=O)c1ccc(NC(=O)c2ccc(N(Cc3ccc(F)cc3)S(C)(=O)=O)cc2)cc1. The maximum Gasteiger partial charge on any atom is 0.255 e. The van der Waals surface area contributed by atoms with Crippen molar-refractivity contribution in [1.29, 1.82) is 0 Å². The summed E-state index contributed by atoms with van der Waals surface area (Å²) < 4.78 is 65.7. The van der Waals surface area contributed by atoms with Crippen molar-refractivity contribution in [3.05, 3.63) is 89.7 Å². The number of hydrogen-bond donors (Lipinski definition) is 1. The van der Waals surface area contributed by atoms with Gasteiger partial charge in [-0.15, -0.1) is 0 Å². The molecule has 0 saturated carbocycles. The minimum atomic E-state index is -3.65. The minimum absolute atomic E-state index is 0.00735. The van der Waals surface area contributed by atoms with Gasteiger partial charge in [0.25, 0.3) is 5.91 Å². The highest BCUT2D eigenvalue weighted by atomic mass is 32.2. The predicted molar refractivity (Wildman–Crippen MR) is 138 cm³/mol. The minimum Gasteiger partial charge on any atom is -0.322 e. The number of carbonyl (C=O) groups is 1. The van der Waals surface area contributed by atoms with E-state index in [2.05, 4.69) is 5.32 Å². The zero-order valence-electron chi connectivity index (χ0n) is 20.2. The maximum atomic E-state index is 13.2. The van der Waals surface area contributed by atoms with Gasteiger partial charge in [0.1, 0.15) is 5.82 Å². The van der Waals surface area contributed by atoms with Gasteiger partial charge >= 0.3 is 0 Å². The Kier molecular flexibility index (Phi) is 8.49. The first-order valence-electron chi connectivity index (χ1n) is 11.2. The molecule has 0 bridgehead atoms. The maximum absolute atomic E-state index is 13.2. The number of nitrogens with zero attached hydrogens (tertiary/aromatic N) is 2. The third-order valence-corrected chi connectivity index (χ3v) is 8.72. The molecule has 11 heteroatoms. The molecule has 0 radical (unpaired) electrons. The quantitative estimate of drug-likeness (QED) is 0.423. The molecular formula is C25H28FN3O5S2. The Balaban J connectivity index is 1.74. The van der Waals surface area contributed by atoms with E-state index in [4.69, 9.17) is 0 Å². The summed E-state index contributed by atoms with van der Waals surface area (Å²) >= 11 is 0. The van der Waals surface area contributed by atoms with E-state index in [1.165, 1.54) is 77.1 Å². The lowest BCUT2D eigenvalue weighted by atomic mass is 10.1. The highest BCUT2D eigenvalue weighted by Gasteiger charge is 2.22. The molecule has 3 aromatic carbocycles. The standard InChI is InChI=1S/C25H28FN3O5S2/c1-4-28(5-2)36(33,34)24-16-12-22(13-17-24)27-25(30)20-8-14-23(15-9-20)29(35(3,31)32)18-19-6-10-21(26)11-7-19/h6-17H,4-5,18H2,1-3H3,(H,27,30). The Morgan fingerprint density at radius 2 is 1.39 bits per heavy atom. The average molecular weight is 534 g/mol. The van der Waals surface area contributed by atoms with E-state index in [0.717, 1.165) is 10.6 Å². The van der Waals surface area contributed by atoms with Crippen LogP contribution < -0.4 is 9.62 Å². The van der Waals surface area contributed by atoms with E-state index in [1.807, 2.05) is 0 Å². The van der Waals surface area contributed by atoms with Crippen LogP contribution in [0.1, 0.15) is 29.8 Å². The summed E-state index contributed by atoms with van der Waals surface area (Å²) in [5, 5.41) is 2.70. The Hall–Kier alpha value is -3.28. The van der Waals surface area contributed by atoms with Crippen molar-refractivity contribution in [2.24, 2.45) is 0 Å². The van der Waals surface area contributed by atoms with Crippen LogP contribution in [0.5, 0.6) is 0 Å². The van der Waals surface area contributed by atoms with E-state index >= 15 is 0 Å². The van der Waals surface area contributed by atoms with E-state index in [1.54, 1.807) is 13.8 Å². The van der Waals surface area contributed by atoms with E-state index < -0.39 is 31.8 Å². The molecule has 0 spiro atoms. The number of carbonyl (C=O) groups excluding carboxylic acids is 1. The number of sulfonamides is 2. The Morgan fingerprint density at radius 3 is 1.89 bits per heavy atom. The van der Waals surface area contributed by atoms with Crippen LogP contribution in [-0.2, 0) is 26.6 Å². The molecule has 36 heavy (non-hydrogen) atoms. The molecule has 3 aromatic rings. The smallest absolute Gasteiger partial charge is 0.255 e. The second-order valence-corrected chi connectivity index (χ2v) is 11.9. The summed E-state index contributed by atoms with van der Waals surface area (Å²) in [7, 11) is -7.25. The van der Waals surface area contributed by atoms with Gasteiger partial charge in [-0.05, 0) is 66.2 Å². The molecule has 0 aliphatic heterocycles. The van der Waals surface area contributed by atoms with Crippen LogP contribution in [0, 0.1) is 5.82 Å². The van der Waals surface area contributed by atoms with Gasteiger partial charge in [0.2, 0.25) is 20.0 Å². The molecule has 3 rings (SSSR count). The molecule has 0 heterocycles. The first-order chi connectivity index (χ1) is 17.0. The van der Waals surface area contributed by atoms with Crippen LogP contribution in [0.15, 0.2) is 77.7 Å². The van der Waals surface area contributed by atoms with E-state index in [-0.39, 0.29) is 17.0 Å². The molecular weight excluding hydrogens is 505 g/mol. The molecule has 1 N–H and O–H groups in total. The highest BCUT2D eigenvalue weighted by Crippen LogP contribution is 2.23. The monoisotopic (exact) mass is 533 g/mol. The molecule has 0 aliphatic carbocycles. The Morgan fingerprint density at radius 1 is 0.833 bits per heavy atom. The van der Waals surface area contributed by atoms with Gasteiger partial charge in [0.15, 0.2) is 0 Å². The largest absolute Gasteiger partial charge is 0.322 e. The van der Waals surface area contributed by atoms with Gasteiger partial charge < -0.3 is 5.32 Å². The molecule has 0 aromatic heterocycles. The zero-order valence-corrected chi connectivity index (χ0v) is 21.8. The van der Waals surface area contributed by atoms with Gasteiger partial charge in [0, 0.05) is 24.3 Å². The van der Waals surface area contributed by atoms with E-state index in [0.29, 0.717) is 30.0 Å². The summed E-state index contributed by atoms with van der Waals surface area (Å²) in [6, 6.07) is 17.4. The summed E-state index contributed by atoms with van der Waals surface area (Å²) in [6.45, 7) is 4.24. The van der Waals surface area contributed by atoms with Gasteiger partial charge in [-0.1, -0.05) is 26.0 Å². The molecule has 0 saturated heterocycles. The number of benzene rings is 3. The van der Waals surface area contributed by atoms with Crippen LogP contribution in [0.3, 0.4) is 0 Å². The lowest BCUT2D eigenvalue weighted by Crippen LogP contribution is -2.30. The molecule has 192 valence electrons. The van der Waals surface area contributed by atoms with Crippen LogP contribution >= 0.6 is 0 Å². The van der Waals surface area contributed by atoms with E-state index in [9.17, 15) is 26.0 Å². The van der Waals surface area contributed by atoms with Crippen LogP contribution in [0.2, 0.25) is 0 Å².